The fourth-order valence-corrected chi connectivity index (χ4v) is 1.77. The Labute approximate surface area is 107 Å². The molecule has 7 heteroatoms. The molecule has 18 heavy (non-hydrogen) atoms. The van der Waals surface area contributed by atoms with Gasteiger partial charge in [-0.25, -0.2) is 4.98 Å². The number of nitrogens with zero attached hydrogens (tertiary/aromatic N) is 3. The first-order valence-corrected chi connectivity index (χ1v) is 5.97. The van der Waals surface area contributed by atoms with Crippen LogP contribution in [0.3, 0.4) is 0 Å². The van der Waals surface area contributed by atoms with E-state index in [0.29, 0.717) is 5.56 Å². The Balaban J connectivity index is 1.92. The maximum absolute atomic E-state index is 10.6. The topological polar surface area (TPSA) is 77.6 Å². The fourth-order valence-electron chi connectivity index (χ4n) is 1.23. The van der Waals surface area contributed by atoms with Gasteiger partial charge in [-0.1, -0.05) is 17.3 Å². The van der Waals surface area contributed by atoms with Gasteiger partial charge >= 0.3 is 0 Å². The maximum atomic E-state index is 10.6. The van der Waals surface area contributed by atoms with Crippen molar-refractivity contribution in [3.05, 3.63) is 56.5 Å². The monoisotopic (exact) mass is 263 g/mol. The van der Waals surface area contributed by atoms with Crippen LogP contribution in [0.4, 0.5) is 5.69 Å². The van der Waals surface area contributed by atoms with Crippen molar-refractivity contribution >= 4 is 23.2 Å². The lowest BCUT2D eigenvalue weighted by Gasteiger charge is -1.95. The summed E-state index contributed by atoms with van der Waals surface area (Å²) in [5.41, 5.74) is 3.15. The van der Waals surface area contributed by atoms with Gasteiger partial charge in [0.05, 0.1) is 22.3 Å². The van der Waals surface area contributed by atoms with E-state index in [9.17, 15) is 10.1 Å². The average molecular weight is 263 g/mol. The van der Waals surface area contributed by atoms with Gasteiger partial charge in [0.25, 0.3) is 5.69 Å². The summed E-state index contributed by atoms with van der Waals surface area (Å²) in [5, 5.41) is 16.2. The van der Waals surface area contributed by atoms with E-state index in [2.05, 4.69) is 10.1 Å². The predicted molar refractivity (Wildman–Crippen MR) is 67.6 cm³/mol. The molecular formula is C11H9N3O3S. The molecule has 0 unspecified atom stereocenters. The van der Waals surface area contributed by atoms with Crippen LogP contribution >= 0.6 is 11.3 Å². The van der Waals surface area contributed by atoms with Crippen molar-refractivity contribution in [1.29, 1.82) is 0 Å². The van der Waals surface area contributed by atoms with E-state index in [0.717, 1.165) is 5.69 Å². The first kappa shape index (κ1) is 12.2. The van der Waals surface area contributed by atoms with Crippen molar-refractivity contribution in [2.75, 3.05) is 0 Å². The summed E-state index contributed by atoms with van der Waals surface area (Å²) in [7, 11) is 0. The Kier molecular flexibility index (Phi) is 3.98. The smallest absolute Gasteiger partial charge is 0.270 e. The molecule has 0 amide bonds. The van der Waals surface area contributed by atoms with Crippen molar-refractivity contribution in [3.63, 3.8) is 0 Å². The number of hydrogen-bond donors (Lipinski definition) is 0. The van der Waals surface area contributed by atoms with Crippen LogP contribution in [0.5, 0.6) is 0 Å². The zero-order valence-corrected chi connectivity index (χ0v) is 10.0. The standard InChI is InChI=1S/C11H9N3O3S/c15-14(16)11-3-1-2-9(4-11)5-13-17-6-10-7-18-8-12-10/h1-5,7-8H,6H2/b13-5-. The summed E-state index contributed by atoms with van der Waals surface area (Å²) < 4.78 is 0. The van der Waals surface area contributed by atoms with Gasteiger partial charge in [-0.2, -0.15) is 0 Å². The molecule has 0 saturated heterocycles. The number of thiazole rings is 1. The minimum absolute atomic E-state index is 0.0263. The van der Waals surface area contributed by atoms with Crippen LogP contribution < -0.4 is 0 Å². The van der Waals surface area contributed by atoms with Gasteiger partial charge in [0.1, 0.15) is 0 Å². The third kappa shape index (κ3) is 3.36. The Hall–Kier alpha value is -2.28. The highest BCUT2D eigenvalue weighted by molar-refractivity contribution is 7.07. The highest BCUT2D eigenvalue weighted by Gasteiger charge is 2.03. The molecule has 0 atom stereocenters. The van der Waals surface area contributed by atoms with Crippen LogP contribution in [0, 0.1) is 10.1 Å². The SMILES string of the molecule is O=[N+]([O-])c1cccc(/C=N\OCc2cscn2)c1. The lowest BCUT2D eigenvalue weighted by atomic mass is 10.2. The van der Waals surface area contributed by atoms with Crippen LogP contribution in [0.15, 0.2) is 40.3 Å². The molecule has 1 aromatic carbocycles. The molecule has 0 radical (unpaired) electrons. The van der Waals surface area contributed by atoms with Crippen LogP contribution in [0.25, 0.3) is 0 Å². The predicted octanol–water partition coefficient (Wildman–Crippen LogP) is 2.60. The number of aromatic nitrogens is 1. The van der Waals surface area contributed by atoms with Gasteiger partial charge < -0.3 is 4.84 Å². The van der Waals surface area contributed by atoms with Gasteiger partial charge in [-0.3, -0.25) is 10.1 Å². The van der Waals surface area contributed by atoms with Gasteiger partial charge in [0.2, 0.25) is 0 Å². The summed E-state index contributed by atoms with van der Waals surface area (Å²) in [6, 6.07) is 6.16. The second-order valence-electron chi connectivity index (χ2n) is 3.34. The Morgan fingerprint density at radius 3 is 3.17 bits per heavy atom. The Morgan fingerprint density at radius 2 is 2.44 bits per heavy atom. The molecule has 0 N–H and O–H groups in total. The lowest BCUT2D eigenvalue weighted by Crippen LogP contribution is -1.91. The Morgan fingerprint density at radius 1 is 1.56 bits per heavy atom. The number of oxime groups is 1. The molecule has 2 aromatic rings. The summed E-state index contributed by atoms with van der Waals surface area (Å²) >= 11 is 1.48. The van der Waals surface area contributed by atoms with Crippen molar-refractivity contribution in [1.82, 2.24) is 4.98 Å². The molecule has 2 rings (SSSR count). The van der Waals surface area contributed by atoms with E-state index in [1.54, 1.807) is 17.6 Å². The molecule has 92 valence electrons. The fraction of sp³-hybridized carbons (Fsp3) is 0.0909. The van der Waals surface area contributed by atoms with E-state index < -0.39 is 4.92 Å². The second kappa shape index (κ2) is 5.87. The number of nitro benzene ring substituents is 1. The molecule has 6 nitrogen and oxygen atoms in total. The third-order valence-electron chi connectivity index (χ3n) is 2.05. The van der Waals surface area contributed by atoms with Crippen LogP contribution in [0.1, 0.15) is 11.3 Å². The third-order valence-corrected chi connectivity index (χ3v) is 2.69. The average Bonchev–Trinajstić information content (AvgIpc) is 2.88. The van der Waals surface area contributed by atoms with Crippen LogP contribution in [-0.4, -0.2) is 16.1 Å². The van der Waals surface area contributed by atoms with E-state index in [4.69, 9.17) is 4.84 Å². The summed E-state index contributed by atoms with van der Waals surface area (Å²) in [6.45, 7) is 0.287. The van der Waals surface area contributed by atoms with E-state index in [-0.39, 0.29) is 12.3 Å². The van der Waals surface area contributed by atoms with Crippen LogP contribution in [-0.2, 0) is 11.4 Å². The highest BCUT2D eigenvalue weighted by atomic mass is 32.1. The Bertz CT molecular complexity index is 554. The summed E-state index contributed by atoms with van der Waals surface area (Å²) in [5.74, 6) is 0. The molecule has 0 saturated carbocycles. The molecule has 0 fully saturated rings. The van der Waals surface area contributed by atoms with Gasteiger partial charge in [0, 0.05) is 23.1 Å². The maximum Gasteiger partial charge on any atom is 0.270 e. The first-order valence-electron chi connectivity index (χ1n) is 5.02. The molecule has 0 spiro atoms. The molecule has 0 aliphatic heterocycles. The van der Waals surface area contributed by atoms with Gasteiger partial charge in [0.15, 0.2) is 6.61 Å². The quantitative estimate of drug-likeness (QED) is 0.472. The molecule has 0 aliphatic carbocycles. The number of rotatable bonds is 5. The summed E-state index contributed by atoms with van der Waals surface area (Å²) in [6.07, 6.45) is 1.43. The molecule has 1 heterocycles. The van der Waals surface area contributed by atoms with E-state index in [1.165, 1.54) is 29.7 Å². The lowest BCUT2D eigenvalue weighted by molar-refractivity contribution is -0.384. The highest BCUT2D eigenvalue weighted by Crippen LogP contribution is 2.11. The molecule has 0 aliphatic rings. The number of non-ortho nitro benzene ring substituents is 1. The van der Waals surface area contributed by atoms with Gasteiger partial charge in [-0.15, -0.1) is 11.3 Å². The normalized spacial score (nSPS) is 10.7. The summed E-state index contributed by atoms with van der Waals surface area (Å²) in [4.78, 5) is 19.2. The minimum atomic E-state index is -0.451. The number of hydrogen-bond acceptors (Lipinski definition) is 6. The molecule has 0 bridgehead atoms. The van der Waals surface area contributed by atoms with E-state index >= 15 is 0 Å². The minimum Gasteiger partial charge on any atom is -0.389 e. The van der Waals surface area contributed by atoms with Crippen LogP contribution in [0.2, 0.25) is 0 Å². The first-order chi connectivity index (χ1) is 8.75. The van der Waals surface area contributed by atoms with Crippen molar-refractivity contribution < 1.29 is 9.76 Å². The van der Waals surface area contributed by atoms with Gasteiger partial charge in [-0.05, 0) is 0 Å². The molecule has 1 aromatic heterocycles. The molecular weight excluding hydrogens is 254 g/mol. The zero-order valence-electron chi connectivity index (χ0n) is 9.22. The van der Waals surface area contributed by atoms with Crippen molar-refractivity contribution in [2.45, 2.75) is 6.61 Å². The zero-order chi connectivity index (χ0) is 12.8. The second-order valence-corrected chi connectivity index (χ2v) is 4.06. The number of benzene rings is 1. The largest absolute Gasteiger partial charge is 0.389 e. The van der Waals surface area contributed by atoms with E-state index in [1.807, 2.05) is 5.38 Å². The van der Waals surface area contributed by atoms with Crippen molar-refractivity contribution in [2.24, 2.45) is 5.16 Å². The number of nitro groups is 1. The van der Waals surface area contributed by atoms with Crippen molar-refractivity contribution in [3.8, 4) is 0 Å².